The Bertz CT molecular complexity index is 413. The Morgan fingerprint density at radius 1 is 1.22 bits per heavy atom. The largest absolute Gasteiger partial charge is 0.384 e. The highest BCUT2D eigenvalue weighted by Gasteiger charge is 2.27. The molecule has 3 N–H and O–H groups in total. The highest BCUT2D eigenvalue weighted by atomic mass is 16.5. The first-order valence-electron chi connectivity index (χ1n) is 6.77. The van der Waals surface area contributed by atoms with Crippen molar-refractivity contribution in [1.82, 2.24) is 9.97 Å². The van der Waals surface area contributed by atoms with Crippen molar-refractivity contribution in [3.63, 3.8) is 0 Å². The zero-order valence-electron chi connectivity index (χ0n) is 10.6. The summed E-state index contributed by atoms with van der Waals surface area (Å²) in [6.45, 7) is 2.71. The molecule has 0 atom stereocenters. The predicted molar refractivity (Wildman–Crippen MR) is 70.5 cm³/mol. The van der Waals surface area contributed by atoms with E-state index in [0.29, 0.717) is 17.7 Å². The molecule has 1 aliphatic carbocycles. The van der Waals surface area contributed by atoms with Crippen molar-refractivity contribution < 1.29 is 4.74 Å². The number of aromatic nitrogens is 2. The molecule has 1 aliphatic heterocycles. The van der Waals surface area contributed by atoms with E-state index in [1.54, 1.807) is 0 Å². The Labute approximate surface area is 107 Å². The number of nitrogen functional groups attached to an aromatic ring is 1. The second-order valence-electron chi connectivity index (χ2n) is 5.25. The van der Waals surface area contributed by atoms with Gasteiger partial charge in [0.05, 0.1) is 0 Å². The van der Waals surface area contributed by atoms with Crippen LogP contribution in [0.3, 0.4) is 0 Å². The molecule has 5 nitrogen and oxygen atoms in total. The second-order valence-corrected chi connectivity index (χ2v) is 5.25. The number of nitrogens with two attached hydrogens (primary N) is 1. The Hall–Kier alpha value is -1.36. The van der Waals surface area contributed by atoms with E-state index in [4.69, 9.17) is 10.5 Å². The van der Waals surface area contributed by atoms with Gasteiger partial charge in [-0.15, -0.1) is 0 Å². The Balaban J connectivity index is 1.60. The maximum Gasteiger partial charge on any atom is 0.136 e. The first-order valence-corrected chi connectivity index (χ1v) is 6.77. The third-order valence-corrected chi connectivity index (χ3v) is 3.62. The molecular weight excluding hydrogens is 228 g/mol. The Morgan fingerprint density at radius 3 is 2.72 bits per heavy atom. The van der Waals surface area contributed by atoms with Crippen LogP contribution in [-0.2, 0) is 4.74 Å². The van der Waals surface area contributed by atoms with Crippen LogP contribution < -0.4 is 11.1 Å². The summed E-state index contributed by atoms with van der Waals surface area (Å²) in [6, 6.07) is 1.82. The molecule has 18 heavy (non-hydrogen) atoms. The van der Waals surface area contributed by atoms with Gasteiger partial charge in [-0.1, -0.05) is 0 Å². The van der Waals surface area contributed by atoms with E-state index in [1.807, 2.05) is 6.07 Å². The molecule has 98 valence electrons. The summed E-state index contributed by atoms with van der Waals surface area (Å²) in [7, 11) is 0. The third kappa shape index (κ3) is 2.90. The molecule has 2 heterocycles. The van der Waals surface area contributed by atoms with Gasteiger partial charge in [-0.3, -0.25) is 0 Å². The molecule has 5 heteroatoms. The van der Waals surface area contributed by atoms with Gasteiger partial charge in [0.1, 0.15) is 17.5 Å². The number of hydrogen-bond acceptors (Lipinski definition) is 5. The van der Waals surface area contributed by atoms with E-state index in [2.05, 4.69) is 15.3 Å². The minimum absolute atomic E-state index is 0.539. The van der Waals surface area contributed by atoms with Gasteiger partial charge >= 0.3 is 0 Å². The fraction of sp³-hybridized carbons (Fsp3) is 0.692. The molecule has 3 rings (SSSR count). The van der Waals surface area contributed by atoms with Crippen LogP contribution in [0.5, 0.6) is 0 Å². The third-order valence-electron chi connectivity index (χ3n) is 3.62. The van der Waals surface area contributed by atoms with Crippen LogP contribution in [-0.4, -0.2) is 29.7 Å². The van der Waals surface area contributed by atoms with Crippen LogP contribution in [0.15, 0.2) is 6.07 Å². The minimum Gasteiger partial charge on any atom is -0.384 e. The standard InChI is InChI=1S/C13H20N4O/c14-11-7-12(17-13(16-11)10-1-2-10)15-8-9-3-5-18-6-4-9/h7,9-10H,1-6,8H2,(H3,14,15,16,17). The van der Waals surface area contributed by atoms with Crippen molar-refractivity contribution in [2.24, 2.45) is 5.92 Å². The molecular formula is C13H20N4O. The summed E-state index contributed by atoms with van der Waals surface area (Å²) in [5.41, 5.74) is 5.82. The van der Waals surface area contributed by atoms with Crippen molar-refractivity contribution in [1.29, 1.82) is 0 Å². The lowest BCUT2D eigenvalue weighted by atomic mass is 10.0. The number of anilines is 2. The first kappa shape index (κ1) is 11.7. The molecule has 0 bridgehead atoms. The van der Waals surface area contributed by atoms with Crippen LogP contribution in [0.1, 0.15) is 37.4 Å². The maximum absolute atomic E-state index is 5.82. The van der Waals surface area contributed by atoms with Crippen molar-refractivity contribution in [2.45, 2.75) is 31.6 Å². The second kappa shape index (κ2) is 5.10. The fourth-order valence-corrected chi connectivity index (χ4v) is 2.30. The zero-order chi connectivity index (χ0) is 12.4. The first-order chi connectivity index (χ1) is 8.81. The molecule has 1 saturated heterocycles. The summed E-state index contributed by atoms with van der Waals surface area (Å²) in [6.07, 6.45) is 4.65. The molecule has 0 unspecified atom stereocenters. The summed E-state index contributed by atoms with van der Waals surface area (Å²) in [4.78, 5) is 8.84. The normalized spacial score (nSPS) is 20.9. The average Bonchev–Trinajstić information content (AvgIpc) is 3.21. The van der Waals surface area contributed by atoms with Gasteiger partial charge in [-0.25, -0.2) is 9.97 Å². The highest BCUT2D eigenvalue weighted by molar-refractivity contribution is 5.45. The number of nitrogens with one attached hydrogen (secondary N) is 1. The summed E-state index contributed by atoms with van der Waals surface area (Å²) < 4.78 is 5.36. The van der Waals surface area contributed by atoms with Crippen molar-refractivity contribution in [3.8, 4) is 0 Å². The average molecular weight is 248 g/mol. The lowest BCUT2D eigenvalue weighted by Crippen LogP contribution is -2.23. The summed E-state index contributed by atoms with van der Waals surface area (Å²) >= 11 is 0. The highest BCUT2D eigenvalue weighted by Crippen LogP contribution is 2.38. The van der Waals surface area contributed by atoms with Gasteiger partial charge in [-0.2, -0.15) is 0 Å². The molecule has 2 aliphatic rings. The van der Waals surface area contributed by atoms with Crippen molar-refractivity contribution in [3.05, 3.63) is 11.9 Å². The maximum atomic E-state index is 5.82. The van der Waals surface area contributed by atoms with Gasteiger partial charge < -0.3 is 15.8 Å². The molecule has 0 radical (unpaired) electrons. The lowest BCUT2D eigenvalue weighted by Gasteiger charge is -2.22. The predicted octanol–water partition coefficient (Wildman–Crippen LogP) is 1.77. The van der Waals surface area contributed by atoms with E-state index < -0.39 is 0 Å². The van der Waals surface area contributed by atoms with Crippen LogP contribution in [0.25, 0.3) is 0 Å². The molecule has 1 saturated carbocycles. The van der Waals surface area contributed by atoms with Crippen LogP contribution in [0.2, 0.25) is 0 Å². The van der Waals surface area contributed by atoms with E-state index >= 15 is 0 Å². The molecule has 1 aromatic heterocycles. The van der Waals surface area contributed by atoms with Gasteiger partial charge in [0, 0.05) is 31.7 Å². The molecule has 2 fully saturated rings. The summed E-state index contributed by atoms with van der Waals surface area (Å²) in [5, 5.41) is 3.39. The SMILES string of the molecule is Nc1cc(NCC2CCOCC2)nc(C2CC2)n1. The quantitative estimate of drug-likeness (QED) is 0.849. The summed E-state index contributed by atoms with van der Waals surface area (Å²) in [5.74, 6) is 3.57. The van der Waals surface area contributed by atoms with E-state index in [0.717, 1.165) is 44.2 Å². The number of hydrogen-bond donors (Lipinski definition) is 2. The van der Waals surface area contributed by atoms with E-state index in [9.17, 15) is 0 Å². The van der Waals surface area contributed by atoms with Crippen molar-refractivity contribution in [2.75, 3.05) is 30.8 Å². The molecule has 0 amide bonds. The molecule has 0 aromatic carbocycles. The van der Waals surface area contributed by atoms with E-state index in [-0.39, 0.29) is 0 Å². The zero-order valence-corrected chi connectivity index (χ0v) is 10.6. The topological polar surface area (TPSA) is 73.1 Å². The molecule has 0 spiro atoms. The van der Waals surface area contributed by atoms with Crippen LogP contribution in [0.4, 0.5) is 11.6 Å². The Morgan fingerprint density at radius 2 is 2.00 bits per heavy atom. The van der Waals surface area contributed by atoms with Gasteiger partial charge in [0.15, 0.2) is 0 Å². The number of rotatable bonds is 4. The fourth-order valence-electron chi connectivity index (χ4n) is 2.30. The monoisotopic (exact) mass is 248 g/mol. The Kier molecular flexibility index (Phi) is 3.32. The van der Waals surface area contributed by atoms with Gasteiger partial charge in [0.25, 0.3) is 0 Å². The van der Waals surface area contributed by atoms with Crippen LogP contribution >= 0.6 is 0 Å². The number of ether oxygens (including phenoxy) is 1. The number of nitrogens with zero attached hydrogens (tertiary/aromatic N) is 2. The van der Waals surface area contributed by atoms with Gasteiger partial charge in [-0.05, 0) is 31.6 Å². The minimum atomic E-state index is 0.539. The molecule has 1 aromatic rings. The van der Waals surface area contributed by atoms with Crippen LogP contribution in [0, 0.1) is 5.92 Å². The smallest absolute Gasteiger partial charge is 0.136 e. The van der Waals surface area contributed by atoms with Gasteiger partial charge in [0.2, 0.25) is 0 Å². The lowest BCUT2D eigenvalue weighted by molar-refractivity contribution is 0.0699. The van der Waals surface area contributed by atoms with Crippen molar-refractivity contribution >= 4 is 11.6 Å². The van der Waals surface area contributed by atoms with E-state index in [1.165, 1.54) is 12.8 Å².